The molecule has 0 radical (unpaired) electrons. The Bertz CT molecular complexity index is 602. The lowest BCUT2D eigenvalue weighted by Gasteiger charge is -2.37. The Hall–Kier alpha value is -1.06. The minimum absolute atomic E-state index is 0. The molecule has 0 amide bonds. The molecule has 0 atom stereocenters. The lowest BCUT2D eigenvalue weighted by molar-refractivity contribution is 0.131. The van der Waals surface area contributed by atoms with Crippen molar-refractivity contribution in [3.8, 4) is 5.75 Å². The molecule has 0 unspecified atom stereocenters. The number of guanidine groups is 1. The van der Waals surface area contributed by atoms with Crippen LogP contribution in [0.1, 0.15) is 57.4 Å². The molecular formula is C23H40IN3O3. The van der Waals surface area contributed by atoms with Crippen molar-refractivity contribution in [2.75, 3.05) is 40.0 Å². The molecule has 1 aromatic rings. The van der Waals surface area contributed by atoms with Crippen molar-refractivity contribution in [1.82, 2.24) is 10.6 Å². The van der Waals surface area contributed by atoms with E-state index in [4.69, 9.17) is 14.5 Å². The average Bonchev–Trinajstić information content (AvgIpc) is 2.74. The molecule has 0 bridgehead atoms. The number of halogens is 1. The van der Waals surface area contributed by atoms with Crippen LogP contribution in [0, 0.1) is 5.41 Å². The molecule has 0 spiro atoms. The molecule has 30 heavy (non-hydrogen) atoms. The number of hydrogen-bond donors (Lipinski definition) is 3. The highest BCUT2D eigenvalue weighted by Crippen LogP contribution is 2.38. The summed E-state index contributed by atoms with van der Waals surface area (Å²) < 4.78 is 10.8. The fourth-order valence-corrected chi connectivity index (χ4v) is 3.96. The smallest absolute Gasteiger partial charge is 0.191 e. The average molecular weight is 533 g/mol. The summed E-state index contributed by atoms with van der Waals surface area (Å²) in [5.41, 5.74) is 1.31. The standard InChI is InChI=1S/C23H39N3O3.HI/c1-3-24-22(26-19-23(13-14-27)11-5-4-6-12-23)25-18-20-9-7-10-21(17-20)29-16-8-15-28-2;/h7,9-10,17,27H,3-6,8,11-16,18-19H2,1-2H3,(H2,24,25,26);1H. The van der Waals surface area contributed by atoms with Crippen LogP contribution in [-0.2, 0) is 11.3 Å². The van der Waals surface area contributed by atoms with Crippen LogP contribution in [0.3, 0.4) is 0 Å². The first-order valence-electron chi connectivity index (χ1n) is 11.0. The van der Waals surface area contributed by atoms with Gasteiger partial charge in [-0.1, -0.05) is 31.4 Å². The third-order valence-electron chi connectivity index (χ3n) is 5.61. The van der Waals surface area contributed by atoms with Crippen LogP contribution in [0.4, 0.5) is 0 Å². The molecule has 2 rings (SSSR count). The zero-order chi connectivity index (χ0) is 20.8. The molecule has 6 nitrogen and oxygen atoms in total. The fraction of sp³-hybridized carbons (Fsp3) is 0.696. The summed E-state index contributed by atoms with van der Waals surface area (Å²) in [5.74, 6) is 1.71. The van der Waals surface area contributed by atoms with E-state index < -0.39 is 0 Å². The van der Waals surface area contributed by atoms with Gasteiger partial charge in [0.05, 0.1) is 13.2 Å². The third-order valence-corrected chi connectivity index (χ3v) is 5.61. The minimum atomic E-state index is 0. The predicted octanol–water partition coefficient (Wildman–Crippen LogP) is 4.11. The number of nitrogens with one attached hydrogen (secondary N) is 2. The van der Waals surface area contributed by atoms with Crippen LogP contribution in [0.15, 0.2) is 29.3 Å². The first-order chi connectivity index (χ1) is 14.2. The number of nitrogens with zero attached hydrogens (tertiary/aromatic N) is 1. The summed E-state index contributed by atoms with van der Waals surface area (Å²) in [4.78, 5) is 4.77. The second kappa shape index (κ2) is 15.7. The number of methoxy groups -OCH3 is 1. The second-order valence-corrected chi connectivity index (χ2v) is 7.93. The Morgan fingerprint density at radius 2 is 1.97 bits per heavy atom. The highest BCUT2D eigenvalue weighted by molar-refractivity contribution is 14.0. The summed E-state index contributed by atoms with van der Waals surface area (Å²) in [5, 5.41) is 16.4. The number of aliphatic imine (C=N–C) groups is 1. The van der Waals surface area contributed by atoms with Gasteiger partial charge in [-0.05, 0) is 49.3 Å². The van der Waals surface area contributed by atoms with E-state index in [1.807, 2.05) is 18.2 Å². The lowest BCUT2D eigenvalue weighted by Crippen LogP contribution is -2.44. The molecule has 172 valence electrons. The molecule has 0 heterocycles. The van der Waals surface area contributed by atoms with Crippen molar-refractivity contribution in [2.45, 2.75) is 58.4 Å². The minimum Gasteiger partial charge on any atom is -0.493 e. The largest absolute Gasteiger partial charge is 0.493 e. The molecule has 0 aliphatic heterocycles. The normalized spacial score (nSPS) is 15.9. The van der Waals surface area contributed by atoms with Crippen molar-refractivity contribution in [3.05, 3.63) is 29.8 Å². The van der Waals surface area contributed by atoms with Crippen molar-refractivity contribution < 1.29 is 14.6 Å². The summed E-state index contributed by atoms with van der Waals surface area (Å²) in [7, 11) is 1.70. The second-order valence-electron chi connectivity index (χ2n) is 7.93. The predicted molar refractivity (Wildman–Crippen MR) is 134 cm³/mol. The van der Waals surface area contributed by atoms with Crippen molar-refractivity contribution in [1.29, 1.82) is 0 Å². The van der Waals surface area contributed by atoms with Gasteiger partial charge in [0.25, 0.3) is 0 Å². The number of rotatable bonds is 12. The third kappa shape index (κ3) is 9.83. The molecule has 1 saturated carbocycles. The fourth-order valence-electron chi connectivity index (χ4n) is 3.96. The van der Waals surface area contributed by atoms with E-state index in [1.165, 1.54) is 32.1 Å². The number of aliphatic hydroxyl groups is 1. The Labute approximate surface area is 199 Å². The van der Waals surface area contributed by atoms with Gasteiger partial charge in [-0.15, -0.1) is 24.0 Å². The highest BCUT2D eigenvalue weighted by atomic mass is 127. The van der Waals surface area contributed by atoms with Crippen LogP contribution in [0.2, 0.25) is 0 Å². The Morgan fingerprint density at radius 3 is 2.67 bits per heavy atom. The molecule has 7 heteroatoms. The molecule has 1 fully saturated rings. The van der Waals surface area contributed by atoms with E-state index in [1.54, 1.807) is 7.11 Å². The van der Waals surface area contributed by atoms with E-state index in [9.17, 15) is 5.11 Å². The first-order valence-corrected chi connectivity index (χ1v) is 11.0. The zero-order valence-electron chi connectivity index (χ0n) is 18.6. The van der Waals surface area contributed by atoms with Crippen LogP contribution < -0.4 is 15.4 Å². The number of hydrogen-bond acceptors (Lipinski definition) is 4. The zero-order valence-corrected chi connectivity index (χ0v) is 21.0. The van der Waals surface area contributed by atoms with E-state index in [2.05, 4.69) is 23.6 Å². The van der Waals surface area contributed by atoms with Crippen molar-refractivity contribution >= 4 is 29.9 Å². The van der Waals surface area contributed by atoms with E-state index in [0.717, 1.165) is 43.2 Å². The van der Waals surface area contributed by atoms with Gasteiger partial charge in [0.15, 0.2) is 5.96 Å². The summed E-state index contributed by atoms with van der Waals surface area (Å²) in [6.07, 6.45) is 7.93. The SMILES string of the molecule is CCNC(=NCc1cccc(OCCCOC)c1)NCC1(CCO)CCCCC1.I. The Balaban J connectivity index is 0.00000450. The molecular weight excluding hydrogens is 493 g/mol. The van der Waals surface area contributed by atoms with Crippen LogP contribution in [0.25, 0.3) is 0 Å². The van der Waals surface area contributed by atoms with Crippen LogP contribution >= 0.6 is 24.0 Å². The Kier molecular flexibility index (Phi) is 14.1. The molecule has 1 aliphatic rings. The Morgan fingerprint density at radius 1 is 1.17 bits per heavy atom. The number of ether oxygens (including phenoxy) is 2. The van der Waals surface area contributed by atoms with E-state index in [0.29, 0.717) is 19.8 Å². The van der Waals surface area contributed by atoms with E-state index in [-0.39, 0.29) is 36.0 Å². The molecule has 3 N–H and O–H groups in total. The number of aliphatic hydroxyl groups excluding tert-OH is 1. The van der Waals surface area contributed by atoms with Crippen molar-refractivity contribution in [2.24, 2.45) is 10.4 Å². The highest BCUT2D eigenvalue weighted by Gasteiger charge is 2.31. The number of benzene rings is 1. The lowest BCUT2D eigenvalue weighted by atomic mass is 9.72. The maximum atomic E-state index is 9.53. The van der Waals surface area contributed by atoms with Crippen LogP contribution in [0.5, 0.6) is 5.75 Å². The van der Waals surface area contributed by atoms with Crippen LogP contribution in [-0.4, -0.2) is 51.1 Å². The molecule has 1 aliphatic carbocycles. The summed E-state index contributed by atoms with van der Waals surface area (Å²) in [6.45, 7) is 5.97. The maximum Gasteiger partial charge on any atom is 0.191 e. The first kappa shape index (κ1) is 27.0. The van der Waals surface area contributed by atoms with Gasteiger partial charge >= 0.3 is 0 Å². The van der Waals surface area contributed by atoms with E-state index >= 15 is 0 Å². The molecule has 0 saturated heterocycles. The van der Waals surface area contributed by atoms with Gasteiger partial charge in [-0.2, -0.15) is 0 Å². The van der Waals surface area contributed by atoms with Gasteiger partial charge in [0.1, 0.15) is 5.75 Å². The summed E-state index contributed by atoms with van der Waals surface area (Å²) >= 11 is 0. The van der Waals surface area contributed by atoms with Gasteiger partial charge in [-0.25, -0.2) is 4.99 Å². The van der Waals surface area contributed by atoms with Gasteiger partial charge in [0, 0.05) is 39.8 Å². The van der Waals surface area contributed by atoms with Crippen molar-refractivity contribution in [3.63, 3.8) is 0 Å². The maximum absolute atomic E-state index is 9.53. The molecule has 1 aromatic carbocycles. The monoisotopic (exact) mass is 533 g/mol. The van der Waals surface area contributed by atoms with Gasteiger partial charge < -0.3 is 25.2 Å². The van der Waals surface area contributed by atoms with Gasteiger partial charge in [-0.3, -0.25) is 0 Å². The topological polar surface area (TPSA) is 75.1 Å². The quantitative estimate of drug-likeness (QED) is 0.163. The van der Waals surface area contributed by atoms with Gasteiger partial charge in [0.2, 0.25) is 0 Å². The summed E-state index contributed by atoms with van der Waals surface area (Å²) in [6, 6.07) is 8.11. The molecule has 0 aromatic heterocycles.